The number of rotatable bonds is 4. The van der Waals surface area contributed by atoms with E-state index in [1.807, 2.05) is 23.3 Å². The molecule has 3 rings (SSSR count). The summed E-state index contributed by atoms with van der Waals surface area (Å²) in [5.74, 6) is 0.853. The first-order valence-corrected chi connectivity index (χ1v) is 9.21. The summed E-state index contributed by atoms with van der Waals surface area (Å²) in [6.07, 6.45) is 3.64. The molecular formula is C17H26N2O2S. The third-order valence-corrected chi connectivity index (χ3v) is 5.72. The molecule has 122 valence electrons. The first-order chi connectivity index (χ1) is 10.7. The molecule has 22 heavy (non-hydrogen) atoms. The number of piperidine rings is 1. The summed E-state index contributed by atoms with van der Waals surface area (Å²) in [5.41, 5.74) is 0.806. The third kappa shape index (κ3) is 3.70. The van der Waals surface area contributed by atoms with E-state index in [1.54, 1.807) is 11.3 Å². The molecule has 2 saturated heterocycles. The van der Waals surface area contributed by atoms with Gasteiger partial charge in [0.1, 0.15) is 0 Å². The van der Waals surface area contributed by atoms with Gasteiger partial charge in [0, 0.05) is 36.5 Å². The number of thiophene rings is 1. The van der Waals surface area contributed by atoms with Crippen LogP contribution in [0.3, 0.4) is 0 Å². The zero-order chi connectivity index (χ0) is 15.5. The maximum absolute atomic E-state index is 12.7. The maximum Gasteiger partial charge on any atom is 0.254 e. The third-order valence-electron chi connectivity index (χ3n) is 4.86. The summed E-state index contributed by atoms with van der Waals surface area (Å²) in [6.45, 7) is 7.20. The van der Waals surface area contributed by atoms with E-state index in [1.165, 1.54) is 30.8 Å². The Morgan fingerprint density at radius 2 is 2.05 bits per heavy atom. The van der Waals surface area contributed by atoms with E-state index in [4.69, 9.17) is 0 Å². The molecule has 2 fully saturated rings. The highest BCUT2D eigenvalue weighted by atomic mass is 32.1. The molecular weight excluding hydrogens is 296 g/mol. The molecule has 1 aromatic heterocycles. The van der Waals surface area contributed by atoms with Crippen LogP contribution in [-0.2, 0) is 0 Å². The molecule has 0 saturated carbocycles. The van der Waals surface area contributed by atoms with Crippen LogP contribution in [0.4, 0.5) is 0 Å². The van der Waals surface area contributed by atoms with Crippen LogP contribution in [0.15, 0.2) is 11.4 Å². The van der Waals surface area contributed by atoms with Gasteiger partial charge >= 0.3 is 0 Å². The van der Waals surface area contributed by atoms with Crippen LogP contribution in [0.25, 0.3) is 0 Å². The number of carbonyl (C=O) groups is 1. The largest absolute Gasteiger partial charge is 0.396 e. The molecule has 1 amide bonds. The molecule has 2 aliphatic heterocycles. The fourth-order valence-corrected chi connectivity index (χ4v) is 4.49. The fraction of sp³-hybridized carbons (Fsp3) is 0.706. The summed E-state index contributed by atoms with van der Waals surface area (Å²) in [6, 6.07) is 1.98. The molecule has 5 heteroatoms. The zero-order valence-corrected chi connectivity index (χ0v) is 14.1. The smallest absolute Gasteiger partial charge is 0.254 e. The standard InChI is InChI=1S/C17H26N2O2S/c1-13-6-16(12-22-13)17(21)19-9-14(7-15(10-19)11-20)8-18-4-2-3-5-18/h6,12,14-15,20H,2-5,7-11H2,1H3/t14-,15-/m0/s1. The average Bonchev–Trinajstić information content (AvgIpc) is 3.17. The minimum Gasteiger partial charge on any atom is -0.396 e. The number of hydrogen-bond acceptors (Lipinski definition) is 4. The predicted octanol–water partition coefficient (Wildman–Crippen LogP) is 2.22. The second kappa shape index (κ2) is 7.11. The molecule has 1 aromatic rings. The van der Waals surface area contributed by atoms with E-state index in [9.17, 15) is 9.90 Å². The summed E-state index contributed by atoms with van der Waals surface area (Å²) < 4.78 is 0. The molecule has 3 heterocycles. The first-order valence-electron chi connectivity index (χ1n) is 8.33. The second-order valence-corrected chi connectivity index (χ2v) is 7.93. The molecule has 4 nitrogen and oxygen atoms in total. The lowest BCUT2D eigenvalue weighted by atomic mass is 9.89. The van der Waals surface area contributed by atoms with Gasteiger partial charge in [0.15, 0.2) is 0 Å². The van der Waals surface area contributed by atoms with Crippen molar-refractivity contribution in [1.82, 2.24) is 9.80 Å². The number of carbonyl (C=O) groups excluding carboxylic acids is 1. The average molecular weight is 322 g/mol. The molecule has 2 atom stereocenters. The van der Waals surface area contributed by atoms with Crippen molar-refractivity contribution in [3.8, 4) is 0 Å². The Balaban J connectivity index is 1.66. The van der Waals surface area contributed by atoms with Gasteiger partial charge in [-0.2, -0.15) is 0 Å². The quantitative estimate of drug-likeness (QED) is 0.924. The summed E-state index contributed by atoms with van der Waals surface area (Å²) in [7, 11) is 0. The number of nitrogens with zero attached hydrogens (tertiary/aromatic N) is 2. The van der Waals surface area contributed by atoms with Crippen LogP contribution in [0, 0.1) is 18.8 Å². The number of hydrogen-bond donors (Lipinski definition) is 1. The number of aliphatic hydroxyl groups is 1. The van der Waals surface area contributed by atoms with Crippen molar-refractivity contribution in [2.75, 3.05) is 39.3 Å². The Labute approximate surface area is 136 Å². The Bertz CT molecular complexity index is 511. The highest BCUT2D eigenvalue weighted by Gasteiger charge is 2.31. The lowest BCUT2D eigenvalue weighted by Gasteiger charge is -2.38. The summed E-state index contributed by atoms with van der Waals surface area (Å²) in [4.78, 5) is 18.3. The Morgan fingerprint density at radius 1 is 1.32 bits per heavy atom. The van der Waals surface area contributed by atoms with Crippen molar-refractivity contribution in [2.24, 2.45) is 11.8 Å². The predicted molar refractivity (Wildman–Crippen MR) is 89.3 cm³/mol. The lowest BCUT2D eigenvalue weighted by molar-refractivity contribution is 0.0466. The summed E-state index contributed by atoms with van der Waals surface area (Å²) >= 11 is 1.63. The van der Waals surface area contributed by atoms with Gasteiger partial charge in [-0.1, -0.05) is 0 Å². The normalized spacial score (nSPS) is 26.5. The van der Waals surface area contributed by atoms with Gasteiger partial charge < -0.3 is 14.9 Å². The highest BCUT2D eigenvalue weighted by Crippen LogP contribution is 2.26. The molecule has 0 radical (unpaired) electrons. The second-order valence-electron chi connectivity index (χ2n) is 6.81. The van der Waals surface area contributed by atoms with Crippen LogP contribution in [0.2, 0.25) is 0 Å². The van der Waals surface area contributed by atoms with Crippen LogP contribution >= 0.6 is 11.3 Å². The van der Waals surface area contributed by atoms with Crippen molar-refractivity contribution >= 4 is 17.2 Å². The van der Waals surface area contributed by atoms with Gasteiger partial charge in [-0.3, -0.25) is 4.79 Å². The maximum atomic E-state index is 12.7. The monoisotopic (exact) mass is 322 g/mol. The molecule has 1 N–H and O–H groups in total. The molecule has 2 aliphatic rings. The fourth-order valence-electron chi connectivity index (χ4n) is 3.82. The number of aliphatic hydroxyl groups excluding tert-OH is 1. The number of likely N-dealkylation sites (tertiary alicyclic amines) is 2. The SMILES string of the molecule is Cc1cc(C(=O)N2C[C@@H](CO)C[C@@H](CN3CCCC3)C2)cs1. The molecule has 0 bridgehead atoms. The van der Waals surface area contributed by atoms with Crippen LogP contribution in [-0.4, -0.2) is 60.1 Å². The van der Waals surface area contributed by atoms with E-state index in [0.717, 1.165) is 25.1 Å². The van der Waals surface area contributed by atoms with Crippen molar-refractivity contribution in [2.45, 2.75) is 26.2 Å². The van der Waals surface area contributed by atoms with Gasteiger partial charge in [0.25, 0.3) is 5.91 Å². The summed E-state index contributed by atoms with van der Waals surface area (Å²) in [5, 5.41) is 11.5. The van der Waals surface area contributed by atoms with Crippen molar-refractivity contribution < 1.29 is 9.90 Å². The molecule has 0 aliphatic carbocycles. The van der Waals surface area contributed by atoms with Crippen LogP contribution in [0.5, 0.6) is 0 Å². The van der Waals surface area contributed by atoms with Crippen LogP contribution < -0.4 is 0 Å². The minimum absolute atomic E-state index is 0.133. The van der Waals surface area contributed by atoms with Gasteiger partial charge in [-0.25, -0.2) is 0 Å². The van der Waals surface area contributed by atoms with Gasteiger partial charge in [-0.05, 0) is 57.2 Å². The Kier molecular flexibility index (Phi) is 5.16. The van der Waals surface area contributed by atoms with E-state index in [2.05, 4.69) is 4.90 Å². The molecule has 0 aromatic carbocycles. The van der Waals surface area contributed by atoms with Crippen molar-refractivity contribution in [3.63, 3.8) is 0 Å². The minimum atomic E-state index is 0.133. The number of amides is 1. The van der Waals surface area contributed by atoms with E-state index >= 15 is 0 Å². The lowest BCUT2D eigenvalue weighted by Crippen LogP contribution is -2.47. The van der Waals surface area contributed by atoms with E-state index in [-0.39, 0.29) is 18.4 Å². The van der Waals surface area contributed by atoms with Crippen LogP contribution in [0.1, 0.15) is 34.5 Å². The Hall–Kier alpha value is -0.910. The number of aryl methyl sites for hydroxylation is 1. The highest BCUT2D eigenvalue weighted by molar-refractivity contribution is 7.10. The van der Waals surface area contributed by atoms with Gasteiger partial charge in [0.2, 0.25) is 0 Å². The van der Waals surface area contributed by atoms with Crippen molar-refractivity contribution in [3.05, 3.63) is 21.9 Å². The Morgan fingerprint density at radius 3 is 2.68 bits per heavy atom. The van der Waals surface area contributed by atoms with Gasteiger partial charge in [0.05, 0.1) is 5.56 Å². The molecule has 0 spiro atoms. The van der Waals surface area contributed by atoms with Gasteiger partial charge in [-0.15, -0.1) is 11.3 Å². The van der Waals surface area contributed by atoms with E-state index in [0.29, 0.717) is 12.5 Å². The first kappa shape index (κ1) is 16.0. The van der Waals surface area contributed by atoms with Crippen molar-refractivity contribution in [1.29, 1.82) is 0 Å². The zero-order valence-electron chi connectivity index (χ0n) is 13.3. The molecule has 0 unspecified atom stereocenters. The topological polar surface area (TPSA) is 43.8 Å². The van der Waals surface area contributed by atoms with E-state index < -0.39 is 0 Å².